The van der Waals surface area contributed by atoms with Gasteiger partial charge in [0.25, 0.3) is 5.91 Å². The standard InChI is InChI=1S/C29H43FN6O2/c1-4-36(20(2)3)29(37)25-15-23(30)7-10-26(25)38-27-17-32-19-34-28(27)33-16-21-11-13-35(14-12-21)18-22-5-8-24(31)9-6-22/h7,10,15,17,19-22,24H,4-6,8-9,11-14,16,18,31H2,1-3H3,(H,32,33,34). The van der Waals surface area contributed by atoms with Gasteiger partial charge in [0.1, 0.15) is 17.9 Å². The number of nitrogens with zero attached hydrogens (tertiary/aromatic N) is 4. The quantitative estimate of drug-likeness (QED) is 0.454. The molecule has 2 fully saturated rings. The van der Waals surface area contributed by atoms with Crippen LogP contribution in [0.1, 0.15) is 69.7 Å². The number of piperidine rings is 1. The van der Waals surface area contributed by atoms with Gasteiger partial charge in [0.15, 0.2) is 11.6 Å². The molecule has 1 saturated heterocycles. The summed E-state index contributed by atoms with van der Waals surface area (Å²) in [6.07, 6.45) is 10.2. The summed E-state index contributed by atoms with van der Waals surface area (Å²) in [4.78, 5) is 26.0. The minimum Gasteiger partial charge on any atom is -0.451 e. The Morgan fingerprint density at radius 2 is 1.89 bits per heavy atom. The average molecular weight is 527 g/mol. The second-order valence-corrected chi connectivity index (χ2v) is 11.1. The second kappa shape index (κ2) is 13.3. The molecule has 0 unspecified atom stereocenters. The van der Waals surface area contributed by atoms with Crippen LogP contribution in [0.2, 0.25) is 0 Å². The molecule has 1 aliphatic carbocycles. The SMILES string of the molecule is CCN(C(=O)c1cc(F)ccc1Oc1cncnc1NCC1CCN(CC2CCC(N)CC2)CC1)C(C)C. The average Bonchev–Trinajstić information content (AvgIpc) is 2.91. The summed E-state index contributed by atoms with van der Waals surface area (Å²) in [6, 6.07) is 4.40. The summed E-state index contributed by atoms with van der Waals surface area (Å²) in [6.45, 7) is 10.5. The molecule has 4 rings (SSSR count). The molecule has 208 valence electrons. The van der Waals surface area contributed by atoms with Crippen LogP contribution in [0.25, 0.3) is 0 Å². The van der Waals surface area contributed by atoms with Gasteiger partial charge in [-0.1, -0.05) is 0 Å². The van der Waals surface area contributed by atoms with E-state index in [1.165, 1.54) is 43.9 Å². The third kappa shape index (κ3) is 7.41. The number of ether oxygens (including phenoxy) is 1. The normalized spacial score (nSPS) is 20.9. The van der Waals surface area contributed by atoms with Crippen LogP contribution in [0.5, 0.6) is 11.5 Å². The Bertz CT molecular complexity index is 1050. The van der Waals surface area contributed by atoms with Gasteiger partial charge in [-0.25, -0.2) is 14.4 Å². The first-order valence-corrected chi connectivity index (χ1v) is 14.1. The van der Waals surface area contributed by atoms with E-state index in [-0.39, 0.29) is 23.3 Å². The lowest BCUT2D eigenvalue weighted by atomic mass is 9.85. The summed E-state index contributed by atoms with van der Waals surface area (Å²) in [7, 11) is 0. The number of amides is 1. The van der Waals surface area contributed by atoms with E-state index in [9.17, 15) is 9.18 Å². The van der Waals surface area contributed by atoms with Gasteiger partial charge in [0.05, 0.1) is 11.8 Å². The van der Waals surface area contributed by atoms with Crippen LogP contribution in [0.3, 0.4) is 0 Å². The molecule has 3 N–H and O–H groups in total. The molecule has 0 spiro atoms. The maximum atomic E-state index is 14.1. The minimum atomic E-state index is -0.485. The fourth-order valence-corrected chi connectivity index (χ4v) is 5.65. The lowest BCUT2D eigenvalue weighted by Gasteiger charge is -2.36. The second-order valence-electron chi connectivity index (χ2n) is 11.1. The summed E-state index contributed by atoms with van der Waals surface area (Å²) in [5.74, 6) is 1.84. The Morgan fingerprint density at radius 3 is 2.58 bits per heavy atom. The third-order valence-corrected chi connectivity index (χ3v) is 7.97. The number of halogens is 1. The minimum absolute atomic E-state index is 0.0201. The number of carbonyl (C=O) groups is 1. The fourth-order valence-electron chi connectivity index (χ4n) is 5.65. The predicted octanol–water partition coefficient (Wildman–Crippen LogP) is 4.92. The largest absolute Gasteiger partial charge is 0.451 e. The van der Waals surface area contributed by atoms with Crippen molar-refractivity contribution in [3.63, 3.8) is 0 Å². The van der Waals surface area contributed by atoms with Gasteiger partial charge < -0.3 is 25.6 Å². The van der Waals surface area contributed by atoms with E-state index in [0.717, 1.165) is 51.2 Å². The van der Waals surface area contributed by atoms with E-state index in [4.69, 9.17) is 10.5 Å². The highest BCUT2D eigenvalue weighted by Gasteiger charge is 2.26. The van der Waals surface area contributed by atoms with Gasteiger partial charge in [-0.2, -0.15) is 0 Å². The molecule has 38 heavy (non-hydrogen) atoms. The van der Waals surface area contributed by atoms with Gasteiger partial charge in [-0.15, -0.1) is 0 Å². The molecule has 1 aromatic heterocycles. The van der Waals surface area contributed by atoms with Crippen LogP contribution >= 0.6 is 0 Å². The van der Waals surface area contributed by atoms with Crippen molar-refractivity contribution in [2.45, 2.75) is 71.4 Å². The lowest BCUT2D eigenvalue weighted by Crippen LogP contribution is -2.40. The molecule has 2 aromatic rings. The van der Waals surface area contributed by atoms with E-state index in [2.05, 4.69) is 20.2 Å². The maximum absolute atomic E-state index is 14.1. The Kier molecular flexibility index (Phi) is 9.91. The molecule has 1 amide bonds. The molecule has 0 radical (unpaired) electrons. The van der Waals surface area contributed by atoms with Crippen molar-refractivity contribution in [2.75, 3.05) is 38.0 Å². The highest BCUT2D eigenvalue weighted by atomic mass is 19.1. The van der Waals surface area contributed by atoms with E-state index in [0.29, 0.717) is 30.1 Å². The van der Waals surface area contributed by atoms with Crippen molar-refractivity contribution < 1.29 is 13.9 Å². The van der Waals surface area contributed by atoms with E-state index < -0.39 is 5.82 Å². The van der Waals surface area contributed by atoms with Crippen molar-refractivity contribution in [1.82, 2.24) is 19.8 Å². The van der Waals surface area contributed by atoms with Crippen LogP contribution in [0.4, 0.5) is 10.2 Å². The molecule has 9 heteroatoms. The number of likely N-dealkylation sites (tertiary alicyclic amines) is 1. The molecule has 1 saturated carbocycles. The predicted molar refractivity (Wildman–Crippen MR) is 148 cm³/mol. The number of hydrogen-bond acceptors (Lipinski definition) is 7. The van der Waals surface area contributed by atoms with Gasteiger partial charge >= 0.3 is 0 Å². The topological polar surface area (TPSA) is 96.6 Å². The van der Waals surface area contributed by atoms with Crippen LogP contribution in [0.15, 0.2) is 30.7 Å². The van der Waals surface area contributed by atoms with Crippen molar-refractivity contribution in [2.24, 2.45) is 17.6 Å². The Hall–Kier alpha value is -2.78. The number of hydrogen-bond donors (Lipinski definition) is 2. The van der Waals surface area contributed by atoms with Crippen molar-refractivity contribution >= 4 is 11.7 Å². The Labute approximate surface area is 226 Å². The number of carbonyl (C=O) groups excluding carboxylic acids is 1. The van der Waals surface area contributed by atoms with Crippen LogP contribution in [-0.2, 0) is 0 Å². The van der Waals surface area contributed by atoms with Crippen LogP contribution in [0, 0.1) is 17.7 Å². The molecular weight excluding hydrogens is 483 g/mol. The number of benzene rings is 1. The van der Waals surface area contributed by atoms with Gasteiger partial charge in [0.2, 0.25) is 0 Å². The van der Waals surface area contributed by atoms with Gasteiger partial charge in [-0.3, -0.25) is 4.79 Å². The number of anilines is 1. The Balaban J connectivity index is 1.35. The van der Waals surface area contributed by atoms with Gasteiger partial charge in [0, 0.05) is 31.7 Å². The van der Waals surface area contributed by atoms with Crippen molar-refractivity contribution in [3.8, 4) is 11.5 Å². The number of nitrogens with one attached hydrogen (secondary N) is 1. The molecule has 2 aliphatic rings. The van der Waals surface area contributed by atoms with Crippen molar-refractivity contribution in [1.29, 1.82) is 0 Å². The highest BCUT2D eigenvalue weighted by Crippen LogP contribution is 2.32. The molecule has 0 atom stereocenters. The zero-order chi connectivity index (χ0) is 27.1. The fraction of sp³-hybridized carbons (Fsp3) is 0.621. The molecule has 8 nitrogen and oxygen atoms in total. The van der Waals surface area contributed by atoms with E-state index >= 15 is 0 Å². The molecule has 1 aliphatic heterocycles. The zero-order valence-corrected chi connectivity index (χ0v) is 23.0. The van der Waals surface area contributed by atoms with Crippen LogP contribution in [-0.4, -0.2) is 70.5 Å². The highest BCUT2D eigenvalue weighted by molar-refractivity contribution is 5.97. The molecule has 0 bridgehead atoms. The molecule has 2 heterocycles. The lowest BCUT2D eigenvalue weighted by molar-refractivity contribution is 0.0713. The van der Waals surface area contributed by atoms with Gasteiger partial charge in [-0.05, 0) is 102 Å². The van der Waals surface area contributed by atoms with E-state index in [1.807, 2.05) is 20.8 Å². The first-order valence-electron chi connectivity index (χ1n) is 14.1. The van der Waals surface area contributed by atoms with Crippen molar-refractivity contribution in [3.05, 3.63) is 42.1 Å². The number of rotatable bonds is 10. The zero-order valence-electron chi connectivity index (χ0n) is 23.0. The summed E-state index contributed by atoms with van der Waals surface area (Å²) >= 11 is 0. The summed E-state index contributed by atoms with van der Waals surface area (Å²) < 4.78 is 20.2. The first-order chi connectivity index (χ1) is 18.3. The maximum Gasteiger partial charge on any atom is 0.257 e. The Morgan fingerprint density at radius 1 is 1.16 bits per heavy atom. The smallest absolute Gasteiger partial charge is 0.257 e. The monoisotopic (exact) mass is 526 g/mol. The molecular formula is C29H43FN6O2. The third-order valence-electron chi connectivity index (χ3n) is 7.97. The van der Waals surface area contributed by atoms with Crippen LogP contribution < -0.4 is 15.8 Å². The number of aromatic nitrogens is 2. The summed E-state index contributed by atoms with van der Waals surface area (Å²) in [5.41, 5.74) is 6.25. The summed E-state index contributed by atoms with van der Waals surface area (Å²) in [5, 5.41) is 3.44. The number of nitrogens with two attached hydrogens (primary N) is 1. The molecule has 1 aromatic carbocycles. The first kappa shape index (κ1) is 28.2. The van der Waals surface area contributed by atoms with E-state index in [1.54, 1.807) is 11.1 Å².